The molecule has 1 aliphatic carbocycles. The van der Waals surface area contributed by atoms with Gasteiger partial charge in [-0.25, -0.2) is 0 Å². The first-order valence-corrected chi connectivity index (χ1v) is 6.77. The first-order chi connectivity index (χ1) is 8.54. The van der Waals surface area contributed by atoms with Crippen LogP contribution in [0.3, 0.4) is 0 Å². The molecule has 0 aromatic carbocycles. The van der Waals surface area contributed by atoms with E-state index in [4.69, 9.17) is 10.8 Å². The number of nitrogens with two attached hydrogens (primary N) is 1. The molecule has 0 heterocycles. The molecule has 5 heteroatoms. The van der Waals surface area contributed by atoms with Gasteiger partial charge in [-0.3, -0.25) is 9.59 Å². The summed E-state index contributed by atoms with van der Waals surface area (Å²) in [5.41, 5.74) is 5.29. The van der Waals surface area contributed by atoms with Crippen molar-refractivity contribution in [3.8, 4) is 0 Å². The van der Waals surface area contributed by atoms with E-state index >= 15 is 0 Å². The highest BCUT2D eigenvalue weighted by Crippen LogP contribution is 2.37. The summed E-state index contributed by atoms with van der Waals surface area (Å²) in [5, 5.41) is 11.7. The van der Waals surface area contributed by atoms with Crippen LogP contribution >= 0.6 is 0 Å². The van der Waals surface area contributed by atoms with Crippen molar-refractivity contribution in [1.82, 2.24) is 5.32 Å². The van der Waals surface area contributed by atoms with Crippen LogP contribution in [0.1, 0.15) is 51.9 Å². The van der Waals surface area contributed by atoms with Crippen molar-refractivity contribution in [2.75, 3.05) is 6.54 Å². The molecule has 0 radical (unpaired) electrons. The third kappa shape index (κ3) is 3.70. The molecular weight excluding hydrogens is 232 g/mol. The summed E-state index contributed by atoms with van der Waals surface area (Å²) < 4.78 is 0. The third-order valence-corrected chi connectivity index (χ3v) is 3.83. The number of carbonyl (C=O) groups is 2. The molecule has 1 unspecified atom stereocenters. The SMILES string of the molecule is CCCC(CC(=O)O)NC(=O)C1(CN)CCCC1. The summed E-state index contributed by atoms with van der Waals surface area (Å²) >= 11 is 0. The van der Waals surface area contributed by atoms with Gasteiger partial charge in [0.1, 0.15) is 0 Å². The van der Waals surface area contributed by atoms with E-state index in [1.54, 1.807) is 0 Å². The van der Waals surface area contributed by atoms with Crippen molar-refractivity contribution in [2.45, 2.75) is 57.9 Å². The minimum Gasteiger partial charge on any atom is -0.481 e. The zero-order chi connectivity index (χ0) is 13.6. The van der Waals surface area contributed by atoms with E-state index in [2.05, 4.69) is 5.32 Å². The zero-order valence-electron chi connectivity index (χ0n) is 11.1. The predicted octanol–water partition coefficient (Wildman–Crippen LogP) is 1.27. The first-order valence-electron chi connectivity index (χ1n) is 6.77. The highest BCUT2D eigenvalue weighted by Gasteiger charge is 2.40. The second kappa shape index (κ2) is 6.73. The smallest absolute Gasteiger partial charge is 0.305 e. The van der Waals surface area contributed by atoms with Crippen LogP contribution in [-0.4, -0.2) is 29.6 Å². The second-order valence-electron chi connectivity index (χ2n) is 5.25. The van der Waals surface area contributed by atoms with Gasteiger partial charge < -0.3 is 16.2 Å². The maximum Gasteiger partial charge on any atom is 0.305 e. The van der Waals surface area contributed by atoms with Gasteiger partial charge in [0.25, 0.3) is 0 Å². The van der Waals surface area contributed by atoms with Crippen molar-refractivity contribution in [1.29, 1.82) is 0 Å². The molecule has 1 aliphatic rings. The lowest BCUT2D eigenvalue weighted by atomic mass is 9.85. The molecule has 0 aromatic heterocycles. The van der Waals surface area contributed by atoms with E-state index in [0.717, 1.165) is 32.1 Å². The lowest BCUT2D eigenvalue weighted by molar-refractivity contribution is -0.138. The number of carbonyl (C=O) groups excluding carboxylic acids is 1. The predicted molar refractivity (Wildman–Crippen MR) is 69.0 cm³/mol. The van der Waals surface area contributed by atoms with Gasteiger partial charge in [-0.05, 0) is 19.3 Å². The molecule has 1 amide bonds. The molecule has 1 fully saturated rings. The number of carboxylic acid groups (broad SMARTS) is 1. The topological polar surface area (TPSA) is 92.4 Å². The van der Waals surface area contributed by atoms with E-state index in [9.17, 15) is 9.59 Å². The fourth-order valence-electron chi connectivity index (χ4n) is 2.70. The van der Waals surface area contributed by atoms with E-state index in [1.165, 1.54) is 0 Å². The molecule has 104 valence electrons. The van der Waals surface area contributed by atoms with Gasteiger partial charge in [0.15, 0.2) is 0 Å². The summed E-state index contributed by atoms with van der Waals surface area (Å²) in [4.78, 5) is 23.0. The number of rotatable bonds is 7. The fraction of sp³-hybridized carbons (Fsp3) is 0.846. The van der Waals surface area contributed by atoms with Crippen LogP contribution in [-0.2, 0) is 9.59 Å². The van der Waals surface area contributed by atoms with Crippen molar-refractivity contribution < 1.29 is 14.7 Å². The molecule has 1 rings (SSSR count). The highest BCUT2D eigenvalue weighted by molar-refractivity contribution is 5.84. The molecule has 0 saturated heterocycles. The Morgan fingerprint density at radius 1 is 1.39 bits per heavy atom. The molecule has 0 spiro atoms. The van der Waals surface area contributed by atoms with E-state index in [0.29, 0.717) is 13.0 Å². The lowest BCUT2D eigenvalue weighted by Gasteiger charge is -2.28. The fourth-order valence-corrected chi connectivity index (χ4v) is 2.70. The number of hydrogen-bond acceptors (Lipinski definition) is 3. The molecule has 4 N–H and O–H groups in total. The summed E-state index contributed by atoms with van der Waals surface area (Å²) in [6.45, 7) is 2.33. The first kappa shape index (κ1) is 15.0. The average molecular weight is 256 g/mol. The number of aliphatic carboxylic acids is 1. The minimum atomic E-state index is -0.873. The zero-order valence-corrected chi connectivity index (χ0v) is 11.1. The molecule has 1 atom stereocenters. The van der Waals surface area contributed by atoms with Gasteiger partial charge in [0.2, 0.25) is 5.91 Å². The average Bonchev–Trinajstić information content (AvgIpc) is 2.78. The van der Waals surface area contributed by atoms with Crippen LogP contribution in [0.5, 0.6) is 0 Å². The van der Waals surface area contributed by atoms with Crippen LogP contribution in [0.15, 0.2) is 0 Å². The second-order valence-corrected chi connectivity index (χ2v) is 5.25. The van der Waals surface area contributed by atoms with Crippen molar-refractivity contribution in [3.05, 3.63) is 0 Å². The number of hydrogen-bond donors (Lipinski definition) is 3. The largest absolute Gasteiger partial charge is 0.481 e. The van der Waals surface area contributed by atoms with Gasteiger partial charge in [-0.2, -0.15) is 0 Å². The summed E-state index contributed by atoms with van der Waals surface area (Å²) in [7, 11) is 0. The quantitative estimate of drug-likeness (QED) is 0.639. The van der Waals surface area contributed by atoms with Crippen molar-refractivity contribution >= 4 is 11.9 Å². The Hall–Kier alpha value is -1.10. The molecule has 1 saturated carbocycles. The van der Waals surface area contributed by atoms with E-state index in [-0.39, 0.29) is 18.4 Å². The highest BCUT2D eigenvalue weighted by atomic mass is 16.4. The molecule has 0 aromatic rings. The van der Waals surface area contributed by atoms with Crippen molar-refractivity contribution in [2.24, 2.45) is 11.1 Å². The summed E-state index contributed by atoms with van der Waals surface area (Å²) in [5.74, 6) is -0.927. The monoisotopic (exact) mass is 256 g/mol. The molecular formula is C13H24N2O3. The Morgan fingerprint density at radius 2 is 2.00 bits per heavy atom. The minimum absolute atomic E-state index is 0.0137. The van der Waals surface area contributed by atoms with E-state index in [1.807, 2.05) is 6.92 Å². The maximum absolute atomic E-state index is 12.3. The number of nitrogens with one attached hydrogen (secondary N) is 1. The normalized spacial score (nSPS) is 19.4. The molecule has 18 heavy (non-hydrogen) atoms. The van der Waals surface area contributed by atoms with E-state index < -0.39 is 11.4 Å². The van der Waals surface area contributed by atoms with Gasteiger partial charge in [0, 0.05) is 12.6 Å². The lowest BCUT2D eigenvalue weighted by Crippen LogP contribution is -2.48. The molecule has 5 nitrogen and oxygen atoms in total. The van der Waals surface area contributed by atoms with Gasteiger partial charge in [-0.1, -0.05) is 26.2 Å². The Labute approximate surface area is 108 Å². The number of carboxylic acids is 1. The Kier molecular flexibility index (Phi) is 5.59. The van der Waals surface area contributed by atoms with Gasteiger partial charge in [-0.15, -0.1) is 0 Å². The van der Waals surface area contributed by atoms with Crippen LogP contribution < -0.4 is 11.1 Å². The van der Waals surface area contributed by atoms with Gasteiger partial charge >= 0.3 is 5.97 Å². The van der Waals surface area contributed by atoms with Gasteiger partial charge in [0.05, 0.1) is 11.8 Å². The Balaban J connectivity index is 2.61. The van der Waals surface area contributed by atoms with Crippen LogP contribution in [0.25, 0.3) is 0 Å². The number of amides is 1. The summed E-state index contributed by atoms with van der Waals surface area (Å²) in [6, 6.07) is -0.274. The Morgan fingerprint density at radius 3 is 2.44 bits per heavy atom. The van der Waals surface area contributed by atoms with Crippen LogP contribution in [0.2, 0.25) is 0 Å². The standard InChI is InChI=1S/C13H24N2O3/c1-2-5-10(8-11(16)17)15-12(18)13(9-14)6-3-4-7-13/h10H,2-9,14H2,1H3,(H,15,18)(H,16,17). The maximum atomic E-state index is 12.3. The Bertz CT molecular complexity index is 299. The van der Waals surface area contributed by atoms with Crippen LogP contribution in [0.4, 0.5) is 0 Å². The van der Waals surface area contributed by atoms with Crippen molar-refractivity contribution in [3.63, 3.8) is 0 Å². The van der Waals surface area contributed by atoms with Crippen LogP contribution in [0, 0.1) is 5.41 Å². The summed E-state index contributed by atoms with van der Waals surface area (Å²) in [6.07, 6.45) is 5.24. The third-order valence-electron chi connectivity index (χ3n) is 3.83. The molecule has 0 aliphatic heterocycles. The molecule has 0 bridgehead atoms.